The van der Waals surface area contributed by atoms with Crippen LogP contribution in [0.5, 0.6) is 11.5 Å². The third kappa shape index (κ3) is 4.05. The van der Waals surface area contributed by atoms with Gasteiger partial charge in [-0.05, 0) is 65.2 Å². The summed E-state index contributed by atoms with van der Waals surface area (Å²) in [6.07, 6.45) is 0.724. The Hall–Kier alpha value is -2.84. The molecule has 3 aromatic rings. The van der Waals surface area contributed by atoms with Crippen molar-refractivity contribution in [3.8, 4) is 11.5 Å². The summed E-state index contributed by atoms with van der Waals surface area (Å²) in [7, 11) is -2.79. The molecule has 0 aliphatic carbocycles. The molecule has 0 N–H and O–H groups in total. The van der Waals surface area contributed by atoms with E-state index in [-0.39, 0.29) is 27.9 Å². The summed E-state index contributed by atoms with van der Waals surface area (Å²) in [5, 5.41) is 0. The van der Waals surface area contributed by atoms with Crippen molar-refractivity contribution in [2.45, 2.75) is 18.2 Å². The number of hydrogen-bond donors (Lipinski definition) is 0. The van der Waals surface area contributed by atoms with Crippen LogP contribution < -0.4 is 13.8 Å². The Labute approximate surface area is 189 Å². The van der Waals surface area contributed by atoms with Crippen molar-refractivity contribution in [3.63, 3.8) is 0 Å². The quantitative estimate of drug-likeness (QED) is 0.472. The number of nitrogens with zero attached hydrogens (tertiary/aromatic N) is 1. The zero-order valence-electron chi connectivity index (χ0n) is 17.0. The number of aryl methyl sites for hydroxylation is 1. The Kier molecular flexibility index (Phi) is 5.77. The van der Waals surface area contributed by atoms with E-state index in [1.54, 1.807) is 29.2 Å². The van der Waals surface area contributed by atoms with Gasteiger partial charge in [0.2, 0.25) is 0 Å². The molecule has 1 amide bonds. The molecule has 0 spiro atoms. The number of rotatable bonds is 5. The first-order chi connectivity index (χ1) is 14.8. The van der Waals surface area contributed by atoms with Crippen LogP contribution >= 0.6 is 15.9 Å². The lowest BCUT2D eigenvalue weighted by Gasteiger charge is -2.21. The Morgan fingerprint density at radius 3 is 2.45 bits per heavy atom. The molecule has 0 bridgehead atoms. The Balaban J connectivity index is 1.79. The molecular formula is C23H20BrNO5S. The largest absolute Gasteiger partial charge is 0.493 e. The van der Waals surface area contributed by atoms with Gasteiger partial charge in [-0.25, -0.2) is 0 Å². The number of benzene rings is 3. The Morgan fingerprint density at radius 2 is 1.74 bits per heavy atom. The molecule has 3 aromatic carbocycles. The maximum absolute atomic E-state index is 13.6. The van der Waals surface area contributed by atoms with Crippen LogP contribution in [-0.2, 0) is 16.5 Å². The summed E-state index contributed by atoms with van der Waals surface area (Å²) in [6.45, 7) is 2.35. The monoisotopic (exact) mass is 501 g/mol. The lowest BCUT2D eigenvalue weighted by molar-refractivity contribution is 0.0986. The van der Waals surface area contributed by atoms with Gasteiger partial charge < -0.3 is 13.8 Å². The van der Waals surface area contributed by atoms with Crippen molar-refractivity contribution < 1.29 is 22.1 Å². The van der Waals surface area contributed by atoms with E-state index in [9.17, 15) is 13.2 Å². The minimum atomic E-state index is -4.19. The minimum absolute atomic E-state index is 0.00922. The van der Waals surface area contributed by atoms with Gasteiger partial charge in [0.25, 0.3) is 5.91 Å². The first-order valence-electron chi connectivity index (χ1n) is 9.59. The molecule has 0 fully saturated rings. The highest BCUT2D eigenvalue weighted by Gasteiger charge is 2.32. The number of carbonyl (C=O) groups excluding carboxylic acids is 1. The van der Waals surface area contributed by atoms with Crippen molar-refractivity contribution in [2.24, 2.45) is 0 Å². The van der Waals surface area contributed by atoms with Crippen LogP contribution in [0.1, 0.15) is 21.5 Å². The summed E-state index contributed by atoms with van der Waals surface area (Å²) < 4.78 is 37.2. The molecule has 160 valence electrons. The van der Waals surface area contributed by atoms with Crippen molar-refractivity contribution >= 4 is 37.6 Å². The SMILES string of the molecule is COc1ccc(Br)c(C(=O)N2CCc3ccccc32)c1OS(=O)(=O)c1ccc(C)cc1. The standard InChI is InChI=1S/C23H20BrNO5S/c1-15-7-9-17(10-8-15)31(27,28)30-22-20(29-2)12-11-18(24)21(22)23(26)25-14-13-16-5-3-4-6-19(16)25/h3-12H,13-14H2,1-2H3. The van der Waals surface area contributed by atoms with Crippen molar-refractivity contribution in [1.82, 2.24) is 0 Å². The minimum Gasteiger partial charge on any atom is -0.493 e. The predicted molar refractivity (Wildman–Crippen MR) is 122 cm³/mol. The molecule has 1 aliphatic rings. The van der Waals surface area contributed by atoms with Gasteiger partial charge in [-0.2, -0.15) is 8.42 Å². The zero-order chi connectivity index (χ0) is 22.2. The number of methoxy groups -OCH3 is 1. The van der Waals surface area contributed by atoms with Gasteiger partial charge in [0.15, 0.2) is 11.5 Å². The van der Waals surface area contributed by atoms with Gasteiger partial charge in [-0.3, -0.25) is 4.79 Å². The summed E-state index contributed by atoms with van der Waals surface area (Å²) in [4.78, 5) is 15.2. The number of carbonyl (C=O) groups is 1. The first kappa shape index (κ1) is 21.4. The average molecular weight is 502 g/mol. The first-order valence-corrected chi connectivity index (χ1v) is 11.8. The number of hydrogen-bond acceptors (Lipinski definition) is 5. The fourth-order valence-corrected chi connectivity index (χ4v) is 4.96. The zero-order valence-corrected chi connectivity index (χ0v) is 19.4. The molecule has 0 saturated heterocycles. The molecule has 1 heterocycles. The number of ether oxygens (including phenoxy) is 1. The smallest absolute Gasteiger partial charge is 0.339 e. The highest BCUT2D eigenvalue weighted by atomic mass is 79.9. The topological polar surface area (TPSA) is 72.9 Å². The van der Waals surface area contributed by atoms with Gasteiger partial charge >= 0.3 is 10.1 Å². The van der Waals surface area contributed by atoms with Crippen LogP contribution in [0.2, 0.25) is 0 Å². The van der Waals surface area contributed by atoms with E-state index in [1.807, 2.05) is 31.2 Å². The Morgan fingerprint density at radius 1 is 1.03 bits per heavy atom. The fourth-order valence-electron chi connectivity index (χ4n) is 3.53. The maximum atomic E-state index is 13.6. The van der Waals surface area contributed by atoms with Crippen LogP contribution in [0.25, 0.3) is 0 Å². The van der Waals surface area contributed by atoms with Gasteiger partial charge in [-0.1, -0.05) is 35.9 Å². The maximum Gasteiger partial charge on any atom is 0.339 e. The van der Waals surface area contributed by atoms with Crippen LogP contribution in [0.3, 0.4) is 0 Å². The molecule has 8 heteroatoms. The van der Waals surface area contributed by atoms with Crippen LogP contribution in [0.4, 0.5) is 5.69 Å². The van der Waals surface area contributed by atoms with E-state index >= 15 is 0 Å². The second-order valence-electron chi connectivity index (χ2n) is 7.14. The highest BCUT2D eigenvalue weighted by Crippen LogP contribution is 2.40. The van der Waals surface area contributed by atoms with E-state index < -0.39 is 10.1 Å². The Bertz CT molecular complexity index is 1260. The summed E-state index contributed by atoms with van der Waals surface area (Å²) in [6, 6.07) is 17.1. The molecule has 0 unspecified atom stereocenters. The van der Waals surface area contributed by atoms with E-state index in [2.05, 4.69) is 15.9 Å². The molecule has 0 radical (unpaired) electrons. The normalized spacial score (nSPS) is 13.1. The molecule has 0 atom stereocenters. The van der Waals surface area contributed by atoms with E-state index in [0.29, 0.717) is 11.0 Å². The van der Waals surface area contributed by atoms with Crippen molar-refractivity contribution in [3.05, 3.63) is 81.8 Å². The van der Waals surface area contributed by atoms with Crippen LogP contribution in [0.15, 0.2) is 70.0 Å². The van der Waals surface area contributed by atoms with E-state index in [4.69, 9.17) is 8.92 Å². The summed E-state index contributed by atoms with van der Waals surface area (Å²) in [5.74, 6) is -0.369. The number of fused-ring (bicyclic) bond motifs is 1. The number of anilines is 1. The molecule has 4 rings (SSSR count). The molecule has 6 nitrogen and oxygen atoms in total. The van der Waals surface area contributed by atoms with Gasteiger partial charge in [0, 0.05) is 16.7 Å². The van der Waals surface area contributed by atoms with Gasteiger partial charge in [-0.15, -0.1) is 0 Å². The number of para-hydroxylation sites is 1. The summed E-state index contributed by atoms with van der Waals surface area (Å²) in [5.41, 5.74) is 2.87. The second-order valence-corrected chi connectivity index (χ2v) is 9.54. The van der Waals surface area contributed by atoms with E-state index in [1.165, 1.54) is 19.2 Å². The lowest BCUT2D eigenvalue weighted by Crippen LogP contribution is -2.30. The molecule has 0 aromatic heterocycles. The van der Waals surface area contributed by atoms with Crippen LogP contribution in [0, 0.1) is 6.92 Å². The summed E-state index contributed by atoms with van der Waals surface area (Å²) >= 11 is 3.39. The number of halogens is 1. The van der Waals surface area contributed by atoms with Crippen molar-refractivity contribution in [2.75, 3.05) is 18.6 Å². The third-order valence-electron chi connectivity index (χ3n) is 5.14. The predicted octanol–water partition coefficient (Wildman–Crippen LogP) is 4.74. The highest BCUT2D eigenvalue weighted by molar-refractivity contribution is 9.10. The van der Waals surface area contributed by atoms with Gasteiger partial charge in [0.05, 0.1) is 7.11 Å². The van der Waals surface area contributed by atoms with Crippen LogP contribution in [-0.4, -0.2) is 28.0 Å². The molecule has 31 heavy (non-hydrogen) atoms. The van der Waals surface area contributed by atoms with Crippen molar-refractivity contribution in [1.29, 1.82) is 0 Å². The third-order valence-corrected chi connectivity index (χ3v) is 7.04. The van der Waals surface area contributed by atoms with E-state index in [0.717, 1.165) is 23.2 Å². The fraction of sp³-hybridized carbons (Fsp3) is 0.174. The lowest BCUT2D eigenvalue weighted by atomic mass is 10.1. The molecular weight excluding hydrogens is 482 g/mol. The number of amides is 1. The molecule has 1 aliphatic heterocycles. The average Bonchev–Trinajstić information content (AvgIpc) is 3.18. The second kappa shape index (κ2) is 8.36. The van der Waals surface area contributed by atoms with Gasteiger partial charge in [0.1, 0.15) is 10.5 Å². The molecule has 0 saturated carbocycles.